The molecule has 0 spiro atoms. The number of hydrogen-bond acceptors (Lipinski definition) is 3. The van der Waals surface area contributed by atoms with Crippen molar-refractivity contribution in [3.63, 3.8) is 0 Å². The Morgan fingerprint density at radius 1 is 1.50 bits per heavy atom. The number of carbonyl (C=O) groups is 1. The highest BCUT2D eigenvalue weighted by atomic mass is 19.1. The van der Waals surface area contributed by atoms with Crippen molar-refractivity contribution in [1.29, 1.82) is 0 Å². The quantitative estimate of drug-likeness (QED) is 0.606. The maximum Gasteiger partial charge on any atom is 0.222 e. The van der Waals surface area contributed by atoms with E-state index in [0.717, 1.165) is 0 Å². The molecule has 0 saturated heterocycles. The Balaban J connectivity index is 2.56. The number of carbonyl (C=O) groups excluding carboxylic acids is 1. The molecule has 4 nitrogen and oxygen atoms in total. The lowest BCUT2D eigenvalue weighted by atomic mass is 10.1. The van der Waals surface area contributed by atoms with Crippen LogP contribution in [0.5, 0.6) is 0 Å². The molecule has 0 bridgehead atoms. The van der Waals surface area contributed by atoms with Gasteiger partial charge in [0.15, 0.2) is 0 Å². The molecular weight excluding hydrogens is 259 g/mol. The molecule has 0 aliphatic carbocycles. The van der Waals surface area contributed by atoms with Crippen LogP contribution in [-0.2, 0) is 16.1 Å². The number of benzene rings is 1. The Kier molecular flexibility index (Phi) is 7.33. The molecule has 1 aromatic rings. The van der Waals surface area contributed by atoms with Crippen LogP contribution in [-0.4, -0.2) is 25.7 Å². The molecule has 1 rings (SSSR count). The number of nitrogens with two attached hydrogens (primary N) is 1. The molecule has 108 valence electrons. The highest BCUT2D eigenvalue weighted by molar-refractivity contribution is 5.75. The smallest absolute Gasteiger partial charge is 0.222 e. The summed E-state index contributed by atoms with van der Waals surface area (Å²) in [7, 11) is 0. The first-order valence-corrected chi connectivity index (χ1v) is 6.49. The van der Waals surface area contributed by atoms with Crippen molar-refractivity contribution in [2.24, 2.45) is 5.73 Å². The Hall–Kier alpha value is -1.90. The summed E-state index contributed by atoms with van der Waals surface area (Å²) in [5.74, 6) is 4.99. The Bertz CT molecular complexity index is 506. The minimum atomic E-state index is -0.367. The van der Waals surface area contributed by atoms with Gasteiger partial charge in [-0.1, -0.05) is 11.8 Å². The van der Waals surface area contributed by atoms with Crippen LogP contribution in [0.2, 0.25) is 0 Å². The third-order valence-electron chi connectivity index (χ3n) is 2.53. The minimum Gasteiger partial charge on any atom is -0.381 e. The minimum absolute atomic E-state index is 0.134. The molecule has 0 aliphatic rings. The molecule has 0 heterocycles. The summed E-state index contributed by atoms with van der Waals surface area (Å²) in [4.78, 5) is 11.5. The molecule has 0 unspecified atom stereocenters. The van der Waals surface area contributed by atoms with Crippen LogP contribution in [0.15, 0.2) is 18.2 Å². The van der Waals surface area contributed by atoms with Gasteiger partial charge in [-0.25, -0.2) is 4.39 Å². The first-order chi connectivity index (χ1) is 9.67. The van der Waals surface area contributed by atoms with Crippen LogP contribution in [0.3, 0.4) is 0 Å². The summed E-state index contributed by atoms with van der Waals surface area (Å²) in [6.45, 7) is 3.19. The number of rotatable bonds is 6. The fourth-order valence-corrected chi connectivity index (χ4v) is 1.53. The summed E-state index contributed by atoms with van der Waals surface area (Å²) in [6.07, 6.45) is 0.266. The lowest BCUT2D eigenvalue weighted by Gasteiger charge is -2.07. The molecule has 1 aromatic carbocycles. The SMILES string of the molecule is CCOCCC(=O)NCc1cc(C#CCN)ccc1F. The molecule has 0 fully saturated rings. The van der Waals surface area contributed by atoms with Gasteiger partial charge in [-0.2, -0.15) is 0 Å². The number of ether oxygens (including phenoxy) is 1. The molecular formula is C15H19FN2O2. The van der Waals surface area contributed by atoms with E-state index in [0.29, 0.717) is 24.3 Å². The van der Waals surface area contributed by atoms with E-state index < -0.39 is 0 Å². The standard InChI is InChI=1S/C15H19FN2O2/c1-2-20-9-7-15(19)18-11-13-10-12(4-3-8-17)5-6-14(13)16/h5-6,10H,2,7-9,11,17H2,1H3,(H,18,19). The van der Waals surface area contributed by atoms with E-state index in [2.05, 4.69) is 17.2 Å². The highest BCUT2D eigenvalue weighted by Gasteiger charge is 2.05. The summed E-state index contributed by atoms with van der Waals surface area (Å²) in [5.41, 5.74) is 6.36. The van der Waals surface area contributed by atoms with Gasteiger partial charge in [-0.3, -0.25) is 4.79 Å². The van der Waals surface area contributed by atoms with Gasteiger partial charge in [0.25, 0.3) is 0 Å². The van der Waals surface area contributed by atoms with Gasteiger partial charge in [-0.15, -0.1) is 0 Å². The van der Waals surface area contributed by atoms with Crippen molar-refractivity contribution < 1.29 is 13.9 Å². The average Bonchev–Trinajstić information content (AvgIpc) is 2.45. The summed E-state index contributed by atoms with van der Waals surface area (Å²) < 4.78 is 18.7. The number of nitrogens with one attached hydrogen (secondary N) is 1. The second-order valence-corrected chi connectivity index (χ2v) is 4.04. The largest absolute Gasteiger partial charge is 0.381 e. The van der Waals surface area contributed by atoms with Crippen LogP contribution in [0.1, 0.15) is 24.5 Å². The molecule has 0 atom stereocenters. The van der Waals surface area contributed by atoms with E-state index in [1.54, 1.807) is 12.1 Å². The van der Waals surface area contributed by atoms with Crippen molar-refractivity contribution >= 4 is 5.91 Å². The van der Waals surface area contributed by atoms with Gasteiger partial charge < -0.3 is 15.8 Å². The third-order valence-corrected chi connectivity index (χ3v) is 2.53. The van der Waals surface area contributed by atoms with Gasteiger partial charge in [0.2, 0.25) is 5.91 Å². The maximum atomic E-state index is 13.6. The third kappa shape index (κ3) is 5.83. The Morgan fingerprint density at radius 3 is 3.00 bits per heavy atom. The molecule has 20 heavy (non-hydrogen) atoms. The first kappa shape index (κ1) is 16.2. The molecule has 0 aliphatic heterocycles. The van der Waals surface area contributed by atoms with E-state index in [-0.39, 0.29) is 31.2 Å². The molecule has 0 saturated carbocycles. The van der Waals surface area contributed by atoms with Gasteiger partial charge in [-0.05, 0) is 25.1 Å². The van der Waals surface area contributed by atoms with Gasteiger partial charge in [0.05, 0.1) is 13.2 Å². The number of amides is 1. The molecule has 1 amide bonds. The van der Waals surface area contributed by atoms with E-state index in [1.807, 2.05) is 6.92 Å². The predicted octanol–water partition coefficient (Wildman–Crippen LogP) is 1.18. The van der Waals surface area contributed by atoms with Crippen LogP contribution in [0, 0.1) is 17.7 Å². The second-order valence-electron chi connectivity index (χ2n) is 4.04. The number of halogens is 1. The average molecular weight is 278 g/mol. The highest BCUT2D eigenvalue weighted by Crippen LogP contribution is 2.09. The molecule has 0 radical (unpaired) electrons. The lowest BCUT2D eigenvalue weighted by molar-refractivity contribution is -0.122. The zero-order chi connectivity index (χ0) is 14.8. The van der Waals surface area contributed by atoms with Crippen molar-refractivity contribution in [3.8, 4) is 11.8 Å². The number of hydrogen-bond donors (Lipinski definition) is 2. The zero-order valence-corrected chi connectivity index (χ0v) is 11.5. The summed E-state index contributed by atoms with van der Waals surface area (Å²) in [5, 5.41) is 2.65. The summed E-state index contributed by atoms with van der Waals surface area (Å²) in [6, 6.07) is 4.53. The second kappa shape index (κ2) is 9.08. The van der Waals surface area contributed by atoms with Crippen molar-refractivity contribution in [1.82, 2.24) is 5.32 Å². The molecule has 0 aromatic heterocycles. The fourth-order valence-electron chi connectivity index (χ4n) is 1.53. The molecule has 5 heteroatoms. The monoisotopic (exact) mass is 278 g/mol. The fraction of sp³-hybridized carbons (Fsp3) is 0.400. The predicted molar refractivity (Wildman–Crippen MR) is 75.3 cm³/mol. The topological polar surface area (TPSA) is 64.3 Å². The summed E-state index contributed by atoms with van der Waals surface area (Å²) >= 11 is 0. The normalized spacial score (nSPS) is 9.75. The maximum absolute atomic E-state index is 13.6. The van der Waals surface area contributed by atoms with Crippen LogP contribution in [0.4, 0.5) is 4.39 Å². The van der Waals surface area contributed by atoms with Crippen LogP contribution >= 0.6 is 0 Å². The van der Waals surface area contributed by atoms with E-state index >= 15 is 0 Å². The first-order valence-electron chi connectivity index (χ1n) is 6.49. The van der Waals surface area contributed by atoms with E-state index in [9.17, 15) is 9.18 Å². The van der Waals surface area contributed by atoms with Gasteiger partial charge in [0.1, 0.15) is 5.82 Å². The van der Waals surface area contributed by atoms with Crippen molar-refractivity contribution in [3.05, 3.63) is 35.1 Å². The van der Waals surface area contributed by atoms with Crippen LogP contribution in [0.25, 0.3) is 0 Å². The van der Waals surface area contributed by atoms with E-state index in [1.165, 1.54) is 6.07 Å². The van der Waals surface area contributed by atoms with Gasteiger partial charge in [0, 0.05) is 30.7 Å². The van der Waals surface area contributed by atoms with E-state index in [4.69, 9.17) is 10.5 Å². The zero-order valence-electron chi connectivity index (χ0n) is 11.5. The van der Waals surface area contributed by atoms with Crippen molar-refractivity contribution in [2.75, 3.05) is 19.8 Å². The Labute approximate surface area is 118 Å². The Morgan fingerprint density at radius 2 is 2.30 bits per heavy atom. The van der Waals surface area contributed by atoms with Crippen molar-refractivity contribution in [2.45, 2.75) is 19.9 Å². The lowest BCUT2D eigenvalue weighted by Crippen LogP contribution is -2.24. The molecule has 3 N–H and O–H groups in total. The van der Waals surface area contributed by atoms with Gasteiger partial charge >= 0.3 is 0 Å². The van der Waals surface area contributed by atoms with Crippen LogP contribution < -0.4 is 11.1 Å².